The number of aliphatic hydroxyl groups excluding tert-OH is 1. The highest BCUT2D eigenvalue weighted by Gasteiger charge is 2.60. The standard InChI is InChI=1S/C6H6F6O3/c1-2(13)3(14)15-4(5(7,8)9)6(10,11)12/h2,4,13H,1H3. The van der Waals surface area contributed by atoms with Crippen LogP contribution < -0.4 is 0 Å². The molecule has 0 aromatic heterocycles. The van der Waals surface area contributed by atoms with Crippen molar-refractivity contribution in [1.29, 1.82) is 0 Å². The third-order valence-corrected chi connectivity index (χ3v) is 1.17. The second-order valence-electron chi connectivity index (χ2n) is 2.58. The molecule has 1 unspecified atom stereocenters. The molecule has 0 amide bonds. The monoisotopic (exact) mass is 240 g/mol. The van der Waals surface area contributed by atoms with Crippen LogP contribution in [0, 0.1) is 0 Å². The topological polar surface area (TPSA) is 46.5 Å². The maximum atomic E-state index is 11.8. The lowest BCUT2D eigenvalue weighted by Gasteiger charge is -2.23. The molecular formula is C6H6F6O3. The largest absolute Gasteiger partial charge is 0.441 e. The Morgan fingerprint density at radius 2 is 1.47 bits per heavy atom. The van der Waals surface area contributed by atoms with Crippen molar-refractivity contribution >= 4 is 5.97 Å². The number of hydrogen-bond acceptors (Lipinski definition) is 3. The molecule has 1 N–H and O–H groups in total. The van der Waals surface area contributed by atoms with E-state index in [4.69, 9.17) is 5.11 Å². The van der Waals surface area contributed by atoms with Gasteiger partial charge >= 0.3 is 18.3 Å². The summed E-state index contributed by atoms with van der Waals surface area (Å²) in [6, 6.07) is 0. The van der Waals surface area contributed by atoms with Gasteiger partial charge in [-0.15, -0.1) is 0 Å². The van der Waals surface area contributed by atoms with Crippen molar-refractivity contribution in [2.24, 2.45) is 0 Å². The van der Waals surface area contributed by atoms with Crippen LogP contribution in [0.4, 0.5) is 26.3 Å². The van der Waals surface area contributed by atoms with Crippen LogP contribution in [0.1, 0.15) is 6.92 Å². The van der Waals surface area contributed by atoms with E-state index >= 15 is 0 Å². The molecule has 0 radical (unpaired) electrons. The molecule has 0 heterocycles. The van der Waals surface area contributed by atoms with Gasteiger partial charge < -0.3 is 9.84 Å². The maximum Gasteiger partial charge on any atom is 0.434 e. The van der Waals surface area contributed by atoms with Gasteiger partial charge in [-0.2, -0.15) is 26.3 Å². The molecule has 0 bridgehead atoms. The third-order valence-electron chi connectivity index (χ3n) is 1.17. The van der Waals surface area contributed by atoms with Gasteiger partial charge in [0.2, 0.25) is 0 Å². The number of ether oxygens (including phenoxy) is 1. The zero-order chi connectivity index (χ0) is 12.4. The lowest BCUT2D eigenvalue weighted by molar-refractivity contribution is -0.314. The first-order valence-electron chi connectivity index (χ1n) is 3.48. The van der Waals surface area contributed by atoms with Crippen LogP contribution in [-0.2, 0) is 9.53 Å². The van der Waals surface area contributed by atoms with Gasteiger partial charge in [-0.05, 0) is 6.92 Å². The van der Waals surface area contributed by atoms with Crippen molar-refractivity contribution in [3.05, 3.63) is 0 Å². The summed E-state index contributed by atoms with van der Waals surface area (Å²) in [5.74, 6) is -1.99. The Kier molecular flexibility index (Phi) is 3.97. The van der Waals surface area contributed by atoms with Gasteiger partial charge in [0, 0.05) is 0 Å². The van der Waals surface area contributed by atoms with Crippen molar-refractivity contribution in [2.45, 2.75) is 31.5 Å². The Labute approximate surface area is 79.6 Å². The van der Waals surface area contributed by atoms with E-state index in [0.29, 0.717) is 6.92 Å². The van der Waals surface area contributed by atoms with E-state index in [-0.39, 0.29) is 0 Å². The van der Waals surface area contributed by atoms with Crippen LogP contribution in [0.5, 0.6) is 0 Å². The van der Waals surface area contributed by atoms with E-state index < -0.39 is 30.5 Å². The lowest BCUT2D eigenvalue weighted by atomic mass is 10.3. The molecule has 0 saturated carbocycles. The molecule has 1 atom stereocenters. The quantitative estimate of drug-likeness (QED) is 0.586. The molecule has 0 saturated heterocycles. The maximum absolute atomic E-state index is 11.8. The Hall–Kier alpha value is -0.990. The number of esters is 1. The molecule has 0 aromatic rings. The molecule has 3 nitrogen and oxygen atoms in total. The van der Waals surface area contributed by atoms with Crippen LogP contribution in [0.2, 0.25) is 0 Å². The number of hydrogen-bond donors (Lipinski definition) is 1. The van der Waals surface area contributed by atoms with E-state index in [0.717, 1.165) is 0 Å². The number of carbonyl (C=O) groups excluding carboxylic acids is 1. The number of rotatable bonds is 2. The predicted molar refractivity (Wildman–Crippen MR) is 33.7 cm³/mol. The first-order valence-corrected chi connectivity index (χ1v) is 3.48. The molecule has 0 spiro atoms. The summed E-state index contributed by atoms with van der Waals surface area (Å²) >= 11 is 0. The predicted octanol–water partition coefficient (Wildman–Crippen LogP) is 1.40. The Morgan fingerprint density at radius 3 is 1.67 bits per heavy atom. The third kappa shape index (κ3) is 4.36. The highest BCUT2D eigenvalue weighted by atomic mass is 19.4. The van der Waals surface area contributed by atoms with Gasteiger partial charge in [0.1, 0.15) is 6.10 Å². The molecule has 0 fully saturated rings. The van der Waals surface area contributed by atoms with Gasteiger partial charge in [-0.3, -0.25) is 0 Å². The number of alkyl halides is 6. The van der Waals surface area contributed by atoms with Crippen LogP contribution in [-0.4, -0.2) is 35.6 Å². The molecule has 9 heteroatoms. The van der Waals surface area contributed by atoms with E-state index in [2.05, 4.69) is 4.74 Å². The molecule has 0 rings (SSSR count). The van der Waals surface area contributed by atoms with Gasteiger partial charge in [0.05, 0.1) is 0 Å². The highest BCUT2D eigenvalue weighted by Crippen LogP contribution is 2.35. The van der Waals surface area contributed by atoms with E-state index in [1.54, 1.807) is 0 Å². The van der Waals surface area contributed by atoms with Crippen molar-refractivity contribution < 1.29 is 41.0 Å². The van der Waals surface area contributed by atoms with Gasteiger partial charge in [-0.25, -0.2) is 4.79 Å². The zero-order valence-corrected chi connectivity index (χ0v) is 7.19. The highest BCUT2D eigenvalue weighted by molar-refractivity contribution is 5.74. The average molecular weight is 240 g/mol. The van der Waals surface area contributed by atoms with Crippen LogP contribution in [0.15, 0.2) is 0 Å². The van der Waals surface area contributed by atoms with Crippen molar-refractivity contribution in [3.8, 4) is 0 Å². The summed E-state index contributed by atoms with van der Waals surface area (Å²) < 4.78 is 73.7. The van der Waals surface area contributed by atoms with E-state index in [1.165, 1.54) is 0 Å². The van der Waals surface area contributed by atoms with Gasteiger partial charge in [-0.1, -0.05) is 0 Å². The van der Waals surface area contributed by atoms with E-state index in [9.17, 15) is 31.1 Å². The summed E-state index contributed by atoms with van der Waals surface area (Å²) in [4.78, 5) is 10.4. The molecular weight excluding hydrogens is 234 g/mol. The Morgan fingerprint density at radius 1 is 1.13 bits per heavy atom. The zero-order valence-electron chi connectivity index (χ0n) is 7.19. The summed E-state index contributed by atoms with van der Waals surface area (Å²) in [6.45, 7) is 0.687. The first-order chi connectivity index (χ1) is 6.46. The molecule has 0 aliphatic carbocycles. The fourth-order valence-corrected chi connectivity index (χ4v) is 0.534. The summed E-state index contributed by atoms with van der Waals surface area (Å²) in [6.07, 6.45) is -17.8. The second kappa shape index (κ2) is 4.25. The fraction of sp³-hybridized carbons (Fsp3) is 0.833. The van der Waals surface area contributed by atoms with Gasteiger partial charge in [0.15, 0.2) is 0 Å². The summed E-state index contributed by atoms with van der Waals surface area (Å²) in [7, 11) is 0. The molecule has 0 aromatic carbocycles. The summed E-state index contributed by atoms with van der Waals surface area (Å²) in [5.41, 5.74) is 0. The lowest BCUT2D eigenvalue weighted by Crippen LogP contribution is -2.46. The van der Waals surface area contributed by atoms with E-state index in [1.807, 2.05) is 0 Å². The SMILES string of the molecule is CC(O)C(=O)OC(C(F)(F)F)C(F)(F)F. The minimum absolute atomic E-state index is 0.687. The second-order valence-corrected chi connectivity index (χ2v) is 2.58. The summed E-state index contributed by atoms with van der Waals surface area (Å²) in [5, 5.41) is 8.39. The number of aliphatic hydroxyl groups is 1. The smallest absolute Gasteiger partial charge is 0.434 e. The Balaban J connectivity index is 4.77. The minimum Gasteiger partial charge on any atom is -0.441 e. The van der Waals surface area contributed by atoms with Crippen LogP contribution in [0.3, 0.4) is 0 Å². The van der Waals surface area contributed by atoms with Crippen molar-refractivity contribution in [1.82, 2.24) is 0 Å². The normalized spacial score (nSPS) is 15.3. The molecule has 0 aliphatic rings. The fourth-order valence-electron chi connectivity index (χ4n) is 0.534. The molecule has 90 valence electrons. The minimum atomic E-state index is -5.76. The van der Waals surface area contributed by atoms with Crippen molar-refractivity contribution in [2.75, 3.05) is 0 Å². The average Bonchev–Trinajstić information content (AvgIpc) is 1.94. The van der Waals surface area contributed by atoms with Gasteiger partial charge in [0.25, 0.3) is 6.10 Å². The molecule has 15 heavy (non-hydrogen) atoms. The van der Waals surface area contributed by atoms with Crippen molar-refractivity contribution in [3.63, 3.8) is 0 Å². The first kappa shape index (κ1) is 14.0. The number of halogens is 6. The van der Waals surface area contributed by atoms with Crippen LogP contribution in [0.25, 0.3) is 0 Å². The number of carbonyl (C=O) groups is 1. The molecule has 0 aliphatic heterocycles. The van der Waals surface area contributed by atoms with Crippen LogP contribution >= 0.6 is 0 Å². The Bertz CT molecular complexity index is 216.